The summed E-state index contributed by atoms with van der Waals surface area (Å²) in [7, 11) is -1.57. The predicted octanol–water partition coefficient (Wildman–Crippen LogP) is 1.80. The zero-order chi connectivity index (χ0) is 18.2. The van der Waals surface area contributed by atoms with E-state index >= 15 is 0 Å². The zero-order valence-electron chi connectivity index (χ0n) is 15.4. The third kappa shape index (κ3) is 7.32. The van der Waals surface area contributed by atoms with Gasteiger partial charge >= 0.3 is 0 Å². The normalized spacial score (nSPS) is 12.5. The van der Waals surface area contributed by atoms with E-state index < -0.39 is 10.0 Å². The topological polar surface area (TPSA) is 78.5 Å². The predicted molar refractivity (Wildman–Crippen MR) is 104 cm³/mol. The maximum atomic E-state index is 12.4. The maximum Gasteiger partial charge on any atom is 0.243 e. The Labute approximate surface area is 157 Å². The molecule has 0 aliphatic heterocycles. The number of sulfonamides is 1. The standard InChI is InChI=1S/C17H29N3O3S.ClH/c1-5-20(6-2)24(22,23)16-10-7-15(8-11-16)9-12-17(21)19-13-14(3)18-4;/h7-8,10-11,14,18H,5-6,9,12-13H2,1-4H3,(H,19,21);1H. The molecular formula is C17H30ClN3O3S. The summed E-state index contributed by atoms with van der Waals surface area (Å²) in [5, 5.41) is 5.92. The molecule has 1 rings (SSSR count). The lowest BCUT2D eigenvalue weighted by atomic mass is 10.1. The number of halogens is 1. The Hall–Kier alpha value is -1.15. The maximum absolute atomic E-state index is 12.4. The van der Waals surface area contributed by atoms with Crippen molar-refractivity contribution < 1.29 is 13.2 Å². The van der Waals surface area contributed by atoms with Crippen LogP contribution < -0.4 is 10.6 Å². The molecule has 0 radical (unpaired) electrons. The minimum Gasteiger partial charge on any atom is -0.355 e. The van der Waals surface area contributed by atoms with Gasteiger partial charge in [-0.05, 0) is 38.1 Å². The number of aryl methyl sites for hydroxylation is 1. The summed E-state index contributed by atoms with van der Waals surface area (Å²) >= 11 is 0. The summed E-state index contributed by atoms with van der Waals surface area (Å²) in [6.45, 7) is 7.13. The van der Waals surface area contributed by atoms with Crippen LogP contribution in [0.15, 0.2) is 29.2 Å². The Balaban J connectivity index is 0.00000576. The Bertz CT molecular complexity index is 617. The Morgan fingerprint density at radius 1 is 1.16 bits per heavy atom. The third-order valence-corrected chi connectivity index (χ3v) is 6.07. The molecule has 1 aromatic rings. The summed E-state index contributed by atoms with van der Waals surface area (Å²) in [4.78, 5) is 12.1. The molecule has 0 saturated heterocycles. The Kier molecular flexibility index (Phi) is 10.9. The van der Waals surface area contributed by atoms with Crippen LogP contribution in [0.2, 0.25) is 0 Å². The number of carbonyl (C=O) groups excluding carboxylic acids is 1. The van der Waals surface area contributed by atoms with E-state index in [1.807, 2.05) is 27.8 Å². The second kappa shape index (κ2) is 11.5. The average Bonchev–Trinajstić information content (AvgIpc) is 2.58. The van der Waals surface area contributed by atoms with Gasteiger partial charge in [-0.15, -0.1) is 12.4 Å². The molecule has 0 fully saturated rings. The summed E-state index contributed by atoms with van der Waals surface area (Å²) < 4.78 is 26.2. The Morgan fingerprint density at radius 3 is 2.20 bits per heavy atom. The van der Waals surface area contributed by atoms with Crippen molar-refractivity contribution >= 4 is 28.3 Å². The number of hydrogen-bond donors (Lipinski definition) is 2. The van der Waals surface area contributed by atoms with Crippen molar-refractivity contribution in [1.29, 1.82) is 0 Å². The van der Waals surface area contributed by atoms with Gasteiger partial charge in [-0.1, -0.05) is 26.0 Å². The van der Waals surface area contributed by atoms with Crippen LogP contribution in [-0.4, -0.2) is 51.4 Å². The molecule has 1 amide bonds. The van der Waals surface area contributed by atoms with E-state index in [9.17, 15) is 13.2 Å². The second-order valence-corrected chi connectivity index (χ2v) is 7.67. The number of likely N-dealkylation sites (N-methyl/N-ethyl adjacent to an activating group) is 1. The van der Waals surface area contributed by atoms with Crippen LogP contribution in [0, 0.1) is 0 Å². The lowest BCUT2D eigenvalue weighted by Gasteiger charge is -2.18. The first-order chi connectivity index (χ1) is 11.3. The van der Waals surface area contributed by atoms with E-state index in [2.05, 4.69) is 10.6 Å². The van der Waals surface area contributed by atoms with Gasteiger partial charge in [0.25, 0.3) is 0 Å². The van der Waals surface area contributed by atoms with Gasteiger partial charge < -0.3 is 10.6 Å². The van der Waals surface area contributed by atoms with E-state index in [0.717, 1.165) is 5.56 Å². The largest absolute Gasteiger partial charge is 0.355 e. The number of nitrogens with one attached hydrogen (secondary N) is 2. The molecular weight excluding hydrogens is 362 g/mol. The van der Waals surface area contributed by atoms with Gasteiger partial charge in [-0.2, -0.15) is 4.31 Å². The van der Waals surface area contributed by atoms with Crippen molar-refractivity contribution in [2.75, 3.05) is 26.7 Å². The van der Waals surface area contributed by atoms with Crippen LogP contribution in [0.4, 0.5) is 0 Å². The van der Waals surface area contributed by atoms with Gasteiger partial charge in [-0.25, -0.2) is 8.42 Å². The molecule has 0 aliphatic rings. The number of benzene rings is 1. The van der Waals surface area contributed by atoms with Crippen molar-refractivity contribution in [3.8, 4) is 0 Å². The summed E-state index contributed by atoms with van der Waals surface area (Å²) in [6.07, 6.45) is 0.976. The SMILES string of the molecule is CCN(CC)S(=O)(=O)c1ccc(CCC(=O)NCC(C)NC)cc1.Cl. The van der Waals surface area contributed by atoms with Crippen molar-refractivity contribution in [1.82, 2.24) is 14.9 Å². The average molecular weight is 392 g/mol. The van der Waals surface area contributed by atoms with Crippen LogP contribution in [0.25, 0.3) is 0 Å². The minimum absolute atomic E-state index is 0. The van der Waals surface area contributed by atoms with Crippen LogP contribution in [0.3, 0.4) is 0 Å². The molecule has 1 aromatic carbocycles. The van der Waals surface area contributed by atoms with Crippen molar-refractivity contribution in [3.63, 3.8) is 0 Å². The zero-order valence-corrected chi connectivity index (χ0v) is 17.0. The number of amides is 1. The molecule has 25 heavy (non-hydrogen) atoms. The van der Waals surface area contributed by atoms with E-state index in [1.54, 1.807) is 24.3 Å². The van der Waals surface area contributed by atoms with E-state index in [-0.39, 0.29) is 24.4 Å². The smallest absolute Gasteiger partial charge is 0.243 e. The summed E-state index contributed by atoms with van der Waals surface area (Å²) in [5.74, 6) is -0.00283. The van der Waals surface area contributed by atoms with Crippen molar-refractivity contribution in [3.05, 3.63) is 29.8 Å². The fourth-order valence-electron chi connectivity index (χ4n) is 2.26. The fourth-order valence-corrected chi connectivity index (χ4v) is 3.71. The lowest BCUT2D eigenvalue weighted by Crippen LogP contribution is -2.37. The van der Waals surface area contributed by atoms with Crippen molar-refractivity contribution in [2.24, 2.45) is 0 Å². The van der Waals surface area contributed by atoms with E-state index in [0.29, 0.717) is 37.4 Å². The highest BCUT2D eigenvalue weighted by Crippen LogP contribution is 2.16. The van der Waals surface area contributed by atoms with Gasteiger partial charge in [0.15, 0.2) is 0 Å². The molecule has 6 nitrogen and oxygen atoms in total. The molecule has 0 spiro atoms. The molecule has 2 N–H and O–H groups in total. The van der Waals surface area contributed by atoms with Crippen LogP contribution >= 0.6 is 12.4 Å². The summed E-state index contributed by atoms with van der Waals surface area (Å²) in [5.41, 5.74) is 0.949. The third-order valence-electron chi connectivity index (χ3n) is 4.01. The van der Waals surface area contributed by atoms with E-state index in [1.165, 1.54) is 4.31 Å². The molecule has 0 heterocycles. The summed E-state index contributed by atoms with van der Waals surface area (Å²) in [6, 6.07) is 7.02. The van der Waals surface area contributed by atoms with Crippen LogP contribution in [-0.2, 0) is 21.2 Å². The molecule has 8 heteroatoms. The number of carbonyl (C=O) groups is 1. The van der Waals surface area contributed by atoms with Gasteiger partial charge in [-0.3, -0.25) is 4.79 Å². The van der Waals surface area contributed by atoms with Gasteiger partial charge in [0, 0.05) is 32.1 Å². The Morgan fingerprint density at radius 2 is 1.72 bits per heavy atom. The van der Waals surface area contributed by atoms with Crippen LogP contribution in [0.5, 0.6) is 0 Å². The molecule has 1 atom stereocenters. The molecule has 0 saturated carbocycles. The first-order valence-electron chi connectivity index (χ1n) is 8.38. The monoisotopic (exact) mass is 391 g/mol. The first-order valence-corrected chi connectivity index (χ1v) is 9.82. The fraction of sp³-hybridized carbons (Fsp3) is 0.588. The minimum atomic E-state index is -3.42. The number of nitrogens with zero attached hydrogens (tertiary/aromatic N) is 1. The van der Waals surface area contributed by atoms with E-state index in [4.69, 9.17) is 0 Å². The van der Waals surface area contributed by atoms with Crippen molar-refractivity contribution in [2.45, 2.75) is 44.6 Å². The van der Waals surface area contributed by atoms with Gasteiger partial charge in [0.1, 0.15) is 0 Å². The highest BCUT2D eigenvalue weighted by Gasteiger charge is 2.21. The molecule has 0 aromatic heterocycles. The highest BCUT2D eigenvalue weighted by atomic mass is 35.5. The van der Waals surface area contributed by atoms with Gasteiger partial charge in [0.2, 0.25) is 15.9 Å². The second-order valence-electron chi connectivity index (χ2n) is 5.73. The molecule has 0 bridgehead atoms. The molecule has 144 valence electrons. The molecule has 0 aliphatic carbocycles. The number of rotatable bonds is 10. The highest BCUT2D eigenvalue weighted by molar-refractivity contribution is 7.89. The first kappa shape index (κ1) is 23.9. The number of hydrogen-bond acceptors (Lipinski definition) is 4. The molecule has 1 unspecified atom stereocenters. The van der Waals surface area contributed by atoms with Gasteiger partial charge in [0.05, 0.1) is 4.90 Å². The van der Waals surface area contributed by atoms with Crippen LogP contribution in [0.1, 0.15) is 32.8 Å². The lowest BCUT2D eigenvalue weighted by molar-refractivity contribution is -0.121. The quantitative estimate of drug-likeness (QED) is 0.637.